The number of thiazole rings is 1. The van der Waals surface area contributed by atoms with Gasteiger partial charge in [-0.15, -0.1) is 11.3 Å². The van der Waals surface area contributed by atoms with Gasteiger partial charge < -0.3 is 5.32 Å². The molecule has 8 heteroatoms. The zero-order valence-electron chi connectivity index (χ0n) is 14.3. The van der Waals surface area contributed by atoms with E-state index < -0.39 is 0 Å². The topological polar surface area (TPSA) is 96.0 Å². The molecule has 2 fully saturated rings. The molecule has 1 saturated carbocycles. The standard InChI is InChI=1S/C18H21N5O2S/c24-16(9-14-12-3-1-2-4-13(12)17(25)23-22-14)21-18-20-15(10-26-18)11-5-7-19-8-6-11/h5-8,10,12-14,22H,1-4,9H2,(H,23,25)(H,20,21,24). The first-order valence-corrected chi connectivity index (χ1v) is 9.80. The Kier molecular flexibility index (Phi) is 4.94. The number of anilines is 1. The number of aromatic nitrogens is 2. The van der Waals surface area contributed by atoms with Gasteiger partial charge in [-0.05, 0) is 30.9 Å². The van der Waals surface area contributed by atoms with E-state index in [1.165, 1.54) is 11.3 Å². The van der Waals surface area contributed by atoms with Gasteiger partial charge in [0, 0.05) is 41.7 Å². The van der Waals surface area contributed by atoms with Crippen molar-refractivity contribution < 1.29 is 9.59 Å². The van der Waals surface area contributed by atoms with Crippen LogP contribution < -0.4 is 16.2 Å². The van der Waals surface area contributed by atoms with Crippen LogP contribution in [0.3, 0.4) is 0 Å². The van der Waals surface area contributed by atoms with Gasteiger partial charge in [-0.25, -0.2) is 10.4 Å². The summed E-state index contributed by atoms with van der Waals surface area (Å²) in [6, 6.07) is 3.74. The Bertz CT molecular complexity index is 794. The van der Waals surface area contributed by atoms with Gasteiger partial charge in [-0.2, -0.15) is 0 Å². The van der Waals surface area contributed by atoms with Crippen molar-refractivity contribution in [3.8, 4) is 11.3 Å². The molecule has 0 aromatic carbocycles. The summed E-state index contributed by atoms with van der Waals surface area (Å²) in [4.78, 5) is 33.0. The van der Waals surface area contributed by atoms with Crippen molar-refractivity contribution in [1.82, 2.24) is 20.8 Å². The van der Waals surface area contributed by atoms with Crippen LogP contribution in [-0.4, -0.2) is 27.8 Å². The summed E-state index contributed by atoms with van der Waals surface area (Å²) >= 11 is 1.40. The fraction of sp³-hybridized carbons (Fsp3) is 0.444. The van der Waals surface area contributed by atoms with Gasteiger partial charge in [0.25, 0.3) is 0 Å². The van der Waals surface area contributed by atoms with Gasteiger partial charge in [0.15, 0.2) is 5.13 Å². The molecule has 1 aliphatic carbocycles. The summed E-state index contributed by atoms with van der Waals surface area (Å²) in [7, 11) is 0. The van der Waals surface area contributed by atoms with E-state index in [1.54, 1.807) is 12.4 Å². The maximum Gasteiger partial charge on any atom is 0.237 e. The van der Waals surface area contributed by atoms with Crippen molar-refractivity contribution in [2.45, 2.75) is 38.1 Å². The lowest BCUT2D eigenvalue weighted by Gasteiger charge is -2.40. The third-order valence-corrected chi connectivity index (χ3v) is 5.94. The molecule has 4 rings (SSSR count). The van der Waals surface area contributed by atoms with Gasteiger partial charge in [-0.1, -0.05) is 12.8 Å². The molecular formula is C18H21N5O2S. The molecule has 1 aliphatic heterocycles. The molecule has 2 aromatic rings. The second kappa shape index (κ2) is 7.51. The second-order valence-electron chi connectivity index (χ2n) is 6.82. The Labute approximate surface area is 155 Å². The summed E-state index contributed by atoms with van der Waals surface area (Å²) in [5.41, 5.74) is 7.56. The molecule has 0 spiro atoms. The van der Waals surface area contributed by atoms with Crippen molar-refractivity contribution in [3.63, 3.8) is 0 Å². The minimum atomic E-state index is -0.0846. The number of fused-ring (bicyclic) bond motifs is 1. The van der Waals surface area contributed by atoms with E-state index in [9.17, 15) is 9.59 Å². The van der Waals surface area contributed by atoms with Crippen LogP contribution in [0.25, 0.3) is 11.3 Å². The number of nitrogens with one attached hydrogen (secondary N) is 3. The maximum absolute atomic E-state index is 12.5. The van der Waals surface area contributed by atoms with Gasteiger partial charge in [0.1, 0.15) is 0 Å². The summed E-state index contributed by atoms with van der Waals surface area (Å²) in [5, 5.41) is 5.39. The first-order chi connectivity index (χ1) is 12.7. The quantitative estimate of drug-likeness (QED) is 0.767. The third kappa shape index (κ3) is 3.61. The first kappa shape index (κ1) is 17.1. The molecule has 136 valence electrons. The third-order valence-electron chi connectivity index (χ3n) is 5.19. The summed E-state index contributed by atoms with van der Waals surface area (Å²) in [5.74, 6) is 0.236. The first-order valence-electron chi connectivity index (χ1n) is 8.92. The number of rotatable bonds is 4. The molecule has 0 radical (unpaired) electrons. The molecule has 26 heavy (non-hydrogen) atoms. The van der Waals surface area contributed by atoms with Crippen LogP contribution in [0.4, 0.5) is 5.13 Å². The van der Waals surface area contributed by atoms with Crippen LogP contribution in [0.15, 0.2) is 29.9 Å². The summed E-state index contributed by atoms with van der Waals surface area (Å²) < 4.78 is 0. The van der Waals surface area contributed by atoms with E-state index in [2.05, 4.69) is 26.1 Å². The maximum atomic E-state index is 12.5. The Hall–Kier alpha value is -2.32. The fourth-order valence-corrected chi connectivity index (χ4v) is 4.62. The average molecular weight is 371 g/mol. The predicted octanol–water partition coefficient (Wildman–Crippen LogP) is 2.34. The number of hydrazine groups is 1. The fourth-order valence-electron chi connectivity index (χ4n) is 3.89. The molecule has 3 atom stereocenters. The highest BCUT2D eigenvalue weighted by atomic mass is 32.1. The van der Waals surface area contributed by atoms with Gasteiger partial charge in [0.2, 0.25) is 11.8 Å². The SMILES string of the molecule is O=C(CC1NNC(=O)C2CCCCC12)Nc1nc(-c2ccncc2)cs1. The lowest BCUT2D eigenvalue weighted by molar-refractivity contribution is -0.134. The average Bonchev–Trinajstić information content (AvgIpc) is 3.13. The van der Waals surface area contributed by atoms with E-state index in [0.29, 0.717) is 11.6 Å². The Balaban J connectivity index is 1.38. The largest absolute Gasteiger partial charge is 0.302 e. The van der Waals surface area contributed by atoms with Crippen LogP contribution in [0.5, 0.6) is 0 Å². The number of carbonyl (C=O) groups is 2. The second-order valence-corrected chi connectivity index (χ2v) is 7.68. The zero-order valence-corrected chi connectivity index (χ0v) is 15.1. The van der Waals surface area contributed by atoms with Gasteiger partial charge in [0.05, 0.1) is 5.69 Å². The van der Waals surface area contributed by atoms with Crippen molar-refractivity contribution in [1.29, 1.82) is 0 Å². The lowest BCUT2D eigenvalue weighted by atomic mass is 9.73. The molecule has 3 heterocycles. The van der Waals surface area contributed by atoms with E-state index in [-0.39, 0.29) is 29.7 Å². The van der Waals surface area contributed by atoms with Crippen LogP contribution in [-0.2, 0) is 9.59 Å². The van der Waals surface area contributed by atoms with Crippen LogP contribution in [0.2, 0.25) is 0 Å². The molecule has 1 saturated heterocycles. The van der Waals surface area contributed by atoms with Crippen molar-refractivity contribution in [2.75, 3.05) is 5.32 Å². The summed E-state index contributed by atoms with van der Waals surface area (Å²) in [6.45, 7) is 0. The Morgan fingerprint density at radius 3 is 2.92 bits per heavy atom. The molecule has 2 aromatic heterocycles. The minimum Gasteiger partial charge on any atom is -0.302 e. The van der Waals surface area contributed by atoms with Crippen molar-refractivity contribution >= 4 is 28.3 Å². The van der Waals surface area contributed by atoms with Crippen LogP contribution in [0, 0.1) is 11.8 Å². The van der Waals surface area contributed by atoms with Crippen molar-refractivity contribution in [2.24, 2.45) is 11.8 Å². The molecule has 3 N–H and O–H groups in total. The van der Waals surface area contributed by atoms with E-state index >= 15 is 0 Å². The molecule has 2 amide bonds. The highest BCUT2D eigenvalue weighted by Gasteiger charge is 2.40. The van der Waals surface area contributed by atoms with E-state index in [1.807, 2.05) is 17.5 Å². The smallest absolute Gasteiger partial charge is 0.237 e. The Morgan fingerprint density at radius 2 is 2.08 bits per heavy atom. The molecular weight excluding hydrogens is 350 g/mol. The normalized spacial score (nSPS) is 25.2. The lowest BCUT2D eigenvalue weighted by Crippen LogP contribution is -2.60. The number of hydrogen-bond donors (Lipinski definition) is 3. The molecule has 2 aliphatic rings. The monoisotopic (exact) mass is 371 g/mol. The number of pyridine rings is 1. The minimum absolute atomic E-state index is 0.0287. The highest BCUT2D eigenvalue weighted by molar-refractivity contribution is 7.14. The molecule has 7 nitrogen and oxygen atoms in total. The number of hydrogen-bond acceptors (Lipinski definition) is 6. The van der Waals surface area contributed by atoms with E-state index in [4.69, 9.17) is 0 Å². The van der Waals surface area contributed by atoms with Crippen LogP contribution in [0.1, 0.15) is 32.1 Å². The summed E-state index contributed by atoms with van der Waals surface area (Å²) in [6.07, 6.45) is 7.88. The number of amides is 2. The van der Waals surface area contributed by atoms with Crippen LogP contribution >= 0.6 is 11.3 Å². The Morgan fingerprint density at radius 1 is 1.27 bits per heavy atom. The van der Waals surface area contributed by atoms with Gasteiger partial charge >= 0.3 is 0 Å². The number of nitrogens with zero attached hydrogens (tertiary/aromatic N) is 2. The molecule has 3 unspecified atom stereocenters. The predicted molar refractivity (Wildman–Crippen MR) is 99.1 cm³/mol. The number of carbonyl (C=O) groups excluding carboxylic acids is 2. The van der Waals surface area contributed by atoms with E-state index in [0.717, 1.165) is 36.9 Å². The highest BCUT2D eigenvalue weighted by Crippen LogP contribution is 2.35. The molecule has 0 bridgehead atoms. The van der Waals surface area contributed by atoms with Crippen molar-refractivity contribution in [3.05, 3.63) is 29.9 Å². The van der Waals surface area contributed by atoms with Gasteiger partial charge in [-0.3, -0.25) is 20.0 Å². The zero-order chi connectivity index (χ0) is 17.9.